The third-order valence-corrected chi connectivity index (χ3v) is 5.28. The van der Waals surface area contributed by atoms with Crippen molar-refractivity contribution in [2.24, 2.45) is 4.99 Å². The maximum atomic E-state index is 11.7. The first kappa shape index (κ1) is 20.8. The van der Waals surface area contributed by atoms with E-state index in [0.717, 1.165) is 29.0 Å². The van der Waals surface area contributed by atoms with Crippen molar-refractivity contribution in [3.63, 3.8) is 0 Å². The third kappa shape index (κ3) is 6.29. The Labute approximate surface area is 161 Å². The predicted octanol–water partition coefficient (Wildman–Crippen LogP) is 2.66. The van der Waals surface area contributed by atoms with Crippen LogP contribution in [-0.2, 0) is 22.9 Å². The zero-order valence-electron chi connectivity index (χ0n) is 16.2. The number of benzene rings is 2. The van der Waals surface area contributed by atoms with Gasteiger partial charge in [0.15, 0.2) is 15.8 Å². The first-order chi connectivity index (χ1) is 12.8. The Hall–Kier alpha value is -2.54. The highest BCUT2D eigenvalue weighted by Gasteiger charge is 2.10. The van der Waals surface area contributed by atoms with Crippen molar-refractivity contribution in [1.82, 2.24) is 10.6 Å². The van der Waals surface area contributed by atoms with Crippen LogP contribution in [0.3, 0.4) is 0 Å². The van der Waals surface area contributed by atoms with Crippen LogP contribution in [0.5, 0.6) is 5.75 Å². The molecule has 0 saturated carbocycles. The zero-order valence-corrected chi connectivity index (χ0v) is 17.1. The Morgan fingerprint density at radius 3 is 2.30 bits per heavy atom. The molecule has 0 aromatic heterocycles. The molecule has 0 spiro atoms. The molecule has 7 heteroatoms. The van der Waals surface area contributed by atoms with Gasteiger partial charge < -0.3 is 15.4 Å². The minimum absolute atomic E-state index is 0.361. The Bertz CT molecular complexity index is 891. The summed E-state index contributed by atoms with van der Waals surface area (Å²) in [6.07, 6.45) is 1.22. The Balaban J connectivity index is 2.05. The van der Waals surface area contributed by atoms with Crippen molar-refractivity contribution < 1.29 is 13.2 Å². The van der Waals surface area contributed by atoms with Gasteiger partial charge in [0.1, 0.15) is 5.75 Å². The number of aryl methyl sites for hydroxylation is 1. The molecule has 0 bridgehead atoms. The second-order valence-electron chi connectivity index (χ2n) is 6.27. The second-order valence-corrected chi connectivity index (χ2v) is 8.25. The number of hydrogen-bond donors (Lipinski definition) is 2. The summed E-state index contributed by atoms with van der Waals surface area (Å²) in [4.78, 5) is 4.95. The molecule has 0 unspecified atom stereocenters. The summed E-state index contributed by atoms with van der Waals surface area (Å²) >= 11 is 0. The number of sulfone groups is 1. The monoisotopic (exact) mass is 389 g/mol. The van der Waals surface area contributed by atoms with Crippen LogP contribution in [0.25, 0.3) is 0 Å². The lowest BCUT2D eigenvalue weighted by atomic mass is 10.1. The van der Waals surface area contributed by atoms with E-state index in [1.807, 2.05) is 37.3 Å². The molecule has 2 aromatic carbocycles. The number of methoxy groups -OCH3 is 1. The summed E-state index contributed by atoms with van der Waals surface area (Å²) in [7, 11) is -1.56. The van der Waals surface area contributed by atoms with Gasteiger partial charge in [-0.15, -0.1) is 0 Å². The number of guanidine groups is 1. The summed E-state index contributed by atoms with van der Waals surface area (Å²) in [5.41, 5.74) is 2.82. The van der Waals surface area contributed by atoms with Gasteiger partial charge in [-0.2, -0.15) is 0 Å². The van der Waals surface area contributed by atoms with E-state index in [1.54, 1.807) is 26.2 Å². The molecule has 2 N–H and O–H groups in total. The first-order valence-electron chi connectivity index (χ1n) is 8.78. The Morgan fingerprint density at radius 1 is 1.07 bits per heavy atom. The number of nitrogens with zero attached hydrogens (tertiary/aromatic N) is 1. The maximum absolute atomic E-state index is 11.7. The zero-order chi connectivity index (χ0) is 19.9. The first-order valence-corrected chi connectivity index (χ1v) is 10.7. The maximum Gasteiger partial charge on any atom is 0.191 e. The highest BCUT2D eigenvalue weighted by atomic mass is 32.2. The Morgan fingerprint density at radius 2 is 1.74 bits per heavy atom. The molecule has 0 amide bonds. The van der Waals surface area contributed by atoms with Gasteiger partial charge in [0.05, 0.1) is 18.6 Å². The molecule has 2 aromatic rings. The van der Waals surface area contributed by atoms with Crippen molar-refractivity contribution in [3.8, 4) is 5.75 Å². The predicted molar refractivity (Wildman–Crippen MR) is 109 cm³/mol. The molecule has 0 aliphatic carbocycles. The number of nitrogens with one attached hydrogen (secondary N) is 2. The molecule has 0 aliphatic heterocycles. The Kier molecular flexibility index (Phi) is 7.24. The minimum atomic E-state index is -3.20. The topological polar surface area (TPSA) is 79.8 Å². The van der Waals surface area contributed by atoms with Crippen molar-refractivity contribution in [2.45, 2.75) is 31.8 Å². The van der Waals surface area contributed by atoms with Gasteiger partial charge >= 0.3 is 0 Å². The number of hydrogen-bond acceptors (Lipinski definition) is 4. The van der Waals surface area contributed by atoms with E-state index >= 15 is 0 Å². The van der Waals surface area contributed by atoms with Crippen LogP contribution in [0.2, 0.25) is 0 Å². The highest BCUT2D eigenvalue weighted by molar-refractivity contribution is 7.90. The summed E-state index contributed by atoms with van der Waals surface area (Å²) < 4.78 is 28.6. The van der Waals surface area contributed by atoms with Gasteiger partial charge in [0.25, 0.3) is 0 Å². The molecular weight excluding hydrogens is 362 g/mol. The van der Waals surface area contributed by atoms with Crippen molar-refractivity contribution in [3.05, 3.63) is 59.2 Å². The largest absolute Gasteiger partial charge is 0.497 e. The van der Waals surface area contributed by atoms with Gasteiger partial charge in [0, 0.05) is 19.3 Å². The molecule has 0 heterocycles. The lowest BCUT2D eigenvalue weighted by Gasteiger charge is -2.12. The summed E-state index contributed by atoms with van der Waals surface area (Å²) in [5, 5.41) is 6.51. The van der Waals surface area contributed by atoms with E-state index in [1.165, 1.54) is 6.26 Å². The standard InChI is InChI=1S/C20H27N3O3S/c1-5-21-20(22-13-16-6-9-18(26-3)10-7-16)23-14-17-8-11-19(15(2)12-17)27(4,24)25/h6-12H,5,13-14H2,1-4H3,(H2,21,22,23). The number of rotatable bonds is 7. The normalized spacial score (nSPS) is 11.9. The van der Waals surface area contributed by atoms with E-state index in [9.17, 15) is 8.42 Å². The second kappa shape index (κ2) is 9.41. The SMILES string of the molecule is CCNC(=NCc1ccc(S(C)(=O)=O)c(C)c1)NCc1ccc(OC)cc1. The fraction of sp³-hybridized carbons (Fsp3) is 0.350. The fourth-order valence-electron chi connectivity index (χ4n) is 2.67. The fourth-order valence-corrected chi connectivity index (χ4v) is 3.63. The van der Waals surface area contributed by atoms with Crippen LogP contribution in [0.1, 0.15) is 23.6 Å². The molecule has 2 rings (SSSR count). The summed E-state index contributed by atoms with van der Waals surface area (Å²) in [5.74, 6) is 1.53. The lowest BCUT2D eigenvalue weighted by Crippen LogP contribution is -2.36. The van der Waals surface area contributed by atoms with Crippen molar-refractivity contribution in [2.75, 3.05) is 19.9 Å². The molecule has 27 heavy (non-hydrogen) atoms. The molecule has 0 saturated heterocycles. The van der Waals surface area contributed by atoms with Crippen LogP contribution in [0.15, 0.2) is 52.4 Å². The quantitative estimate of drug-likeness (QED) is 0.562. The van der Waals surface area contributed by atoms with Gasteiger partial charge in [-0.05, 0) is 48.7 Å². The summed E-state index contributed by atoms with van der Waals surface area (Å²) in [6, 6.07) is 13.2. The van der Waals surface area contributed by atoms with Crippen LogP contribution in [0, 0.1) is 6.92 Å². The van der Waals surface area contributed by atoms with Gasteiger partial charge in [-0.25, -0.2) is 13.4 Å². The summed E-state index contributed by atoms with van der Waals surface area (Å²) in [6.45, 7) is 5.66. The average molecular weight is 390 g/mol. The number of ether oxygens (including phenoxy) is 1. The lowest BCUT2D eigenvalue weighted by molar-refractivity contribution is 0.414. The number of aliphatic imine (C=N–C) groups is 1. The highest BCUT2D eigenvalue weighted by Crippen LogP contribution is 2.17. The molecule has 0 atom stereocenters. The molecule has 6 nitrogen and oxygen atoms in total. The van der Waals surface area contributed by atoms with Crippen LogP contribution < -0.4 is 15.4 Å². The van der Waals surface area contributed by atoms with Gasteiger partial charge in [-0.3, -0.25) is 0 Å². The molecule has 0 radical (unpaired) electrons. The van der Waals surface area contributed by atoms with E-state index in [-0.39, 0.29) is 0 Å². The minimum Gasteiger partial charge on any atom is -0.497 e. The van der Waals surface area contributed by atoms with E-state index in [0.29, 0.717) is 23.9 Å². The van der Waals surface area contributed by atoms with Crippen molar-refractivity contribution >= 4 is 15.8 Å². The van der Waals surface area contributed by atoms with Crippen LogP contribution in [-0.4, -0.2) is 34.3 Å². The molecule has 146 valence electrons. The van der Waals surface area contributed by atoms with Crippen LogP contribution >= 0.6 is 0 Å². The molecular formula is C20H27N3O3S. The molecule has 0 aliphatic rings. The van der Waals surface area contributed by atoms with Crippen LogP contribution in [0.4, 0.5) is 0 Å². The van der Waals surface area contributed by atoms with E-state index in [2.05, 4.69) is 15.6 Å². The third-order valence-electron chi connectivity index (χ3n) is 4.02. The smallest absolute Gasteiger partial charge is 0.191 e. The van der Waals surface area contributed by atoms with E-state index < -0.39 is 9.84 Å². The molecule has 0 fully saturated rings. The van der Waals surface area contributed by atoms with Crippen molar-refractivity contribution in [1.29, 1.82) is 0 Å². The average Bonchev–Trinajstić information content (AvgIpc) is 2.63. The van der Waals surface area contributed by atoms with Gasteiger partial charge in [0.2, 0.25) is 0 Å². The van der Waals surface area contributed by atoms with Gasteiger partial charge in [-0.1, -0.05) is 24.3 Å². The van der Waals surface area contributed by atoms with E-state index in [4.69, 9.17) is 4.74 Å².